The van der Waals surface area contributed by atoms with E-state index in [0.717, 1.165) is 11.1 Å². The summed E-state index contributed by atoms with van der Waals surface area (Å²) < 4.78 is 5.12. The van der Waals surface area contributed by atoms with E-state index in [2.05, 4.69) is 0 Å². The van der Waals surface area contributed by atoms with Crippen molar-refractivity contribution in [3.63, 3.8) is 0 Å². The zero-order chi connectivity index (χ0) is 11.7. The molecule has 0 bridgehead atoms. The molecule has 5 nitrogen and oxygen atoms in total. The standard InChI is InChI=1S/C11H13NO4/c12-7-1-6-2-8(13)4-10(9(6)3-7)16-5-11(14)15/h2,4,7,13H,1,3,5,12H2,(H,14,15). The molecule has 86 valence electrons. The molecule has 1 aliphatic carbocycles. The summed E-state index contributed by atoms with van der Waals surface area (Å²) in [5, 5.41) is 18.0. The fraction of sp³-hybridized carbons (Fsp3) is 0.364. The Hall–Kier alpha value is -1.75. The highest BCUT2D eigenvalue weighted by molar-refractivity contribution is 5.68. The Morgan fingerprint density at radius 3 is 2.94 bits per heavy atom. The zero-order valence-electron chi connectivity index (χ0n) is 8.64. The summed E-state index contributed by atoms with van der Waals surface area (Å²) in [5.74, 6) is -0.544. The second kappa shape index (κ2) is 4.02. The summed E-state index contributed by atoms with van der Waals surface area (Å²) in [6.45, 7) is -0.412. The normalized spacial score (nSPS) is 18.2. The van der Waals surface area contributed by atoms with Crippen LogP contribution < -0.4 is 10.5 Å². The number of carboxylic acid groups (broad SMARTS) is 1. The SMILES string of the molecule is NC1Cc2cc(O)cc(OCC(=O)O)c2C1. The van der Waals surface area contributed by atoms with Crippen LogP contribution in [0.25, 0.3) is 0 Å². The number of rotatable bonds is 3. The van der Waals surface area contributed by atoms with E-state index in [4.69, 9.17) is 15.6 Å². The van der Waals surface area contributed by atoms with Crippen LogP contribution in [0, 0.1) is 0 Å². The monoisotopic (exact) mass is 223 g/mol. The lowest BCUT2D eigenvalue weighted by molar-refractivity contribution is -0.139. The fourth-order valence-corrected chi connectivity index (χ4v) is 1.99. The number of phenolic OH excluding ortho intramolecular Hbond substituents is 1. The third-order valence-electron chi connectivity index (χ3n) is 2.59. The number of nitrogens with two attached hydrogens (primary N) is 1. The summed E-state index contributed by atoms with van der Waals surface area (Å²) in [7, 11) is 0. The van der Waals surface area contributed by atoms with Crippen molar-refractivity contribution in [2.24, 2.45) is 5.73 Å². The topological polar surface area (TPSA) is 92.8 Å². The lowest BCUT2D eigenvalue weighted by Gasteiger charge is -2.09. The van der Waals surface area contributed by atoms with Gasteiger partial charge in [-0.15, -0.1) is 0 Å². The van der Waals surface area contributed by atoms with Crippen LogP contribution >= 0.6 is 0 Å². The maximum absolute atomic E-state index is 10.4. The molecule has 0 saturated carbocycles. The van der Waals surface area contributed by atoms with Crippen molar-refractivity contribution >= 4 is 5.97 Å². The van der Waals surface area contributed by atoms with Gasteiger partial charge in [0.1, 0.15) is 11.5 Å². The molecule has 0 aromatic heterocycles. The lowest BCUT2D eigenvalue weighted by atomic mass is 10.1. The molecule has 1 atom stereocenters. The van der Waals surface area contributed by atoms with Crippen molar-refractivity contribution in [3.8, 4) is 11.5 Å². The number of hydrogen-bond donors (Lipinski definition) is 3. The molecule has 0 spiro atoms. The van der Waals surface area contributed by atoms with E-state index in [0.29, 0.717) is 18.6 Å². The zero-order valence-corrected chi connectivity index (χ0v) is 8.64. The Balaban J connectivity index is 2.27. The minimum absolute atomic E-state index is 0.0176. The molecule has 0 heterocycles. The van der Waals surface area contributed by atoms with Gasteiger partial charge in [-0.1, -0.05) is 0 Å². The molecule has 2 rings (SSSR count). The van der Waals surface area contributed by atoms with Crippen molar-refractivity contribution in [1.82, 2.24) is 0 Å². The van der Waals surface area contributed by atoms with E-state index in [1.807, 2.05) is 0 Å². The van der Waals surface area contributed by atoms with Crippen molar-refractivity contribution in [3.05, 3.63) is 23.3 Å². The Kier molecular flexibility index (Phi) is 2.70. The lowest BCUT2D eigenvalue weighted by Crippen LogP contribution is -2.19. The first kappa shape index (κ1) is 10.8. The van der Waals surface area contributed by atoms with E-state index in [-0.39, 0.29) is 11.8 Å². The smallest absolute Gasteiger partial charge is 0.341 e. The van der Waals surface area contributed by atoms with Crippen LogP contribution in [-0.4, -0.2) is 28.8 Å². The van der Waals surface area contributed by atoms with E-state index in [1.165, 1.54) is 6.07 Å². The van der Waals surface area contributed by atoms with Gasteiger partial charge in [0.25, 0.3) is 0 Å². The van der Waals surface area contributed by atoms with Crippen LogP contribution in [0.1, 0.15) is 11.1 Å². The molecule has 0 saturated heterocycles. The second-order valence-corrected chi connectivity index (χ2v) is 3.93. The highest BCUT2D eigenvalue weighted by Gasteiger charge is 2.23. The van der Waals surface area contributed by atoms with E-state index in [1.54, 1.807) is 6.07 Å². The Bertz CT molecular complexity index is 430. The third-order valence-corrected chi connectivity index (χ3v) is 2.59. The van der Waals surface area contributed by atoms with Crippen LogP contribution in [0.4, 0.5) is 0 Å². The minimum atomic E-state index is -1.04. The first-order valence-electron chi connectivity index (χ1n) is 5.01. The average Bonchev–Trinajstić information content (AvgIpc) is 2.54. The van der Waals surface area contributed by atoms with Crippen molar-refractivity contribution in [2.45, 2.75) is 18.9 Å². The van der Waals surface area contributed by atoms with Gasteiger partial charge in [0.15, 0.2) is 6.61 Å². The fourth-order valence-electron chi connectivity index (χ4n) is 1.99. The van der Waals surface area contributed by atoms with Gasteiger partial charge in [-0.3, -0.25) is 0 Å². The third kappa shape index (κ3) is 2.09. The van der Waals surface area contributed by atoms with Crippen LogP contribution in [0.2, 0.25) is 0 Å². The van der Waals surface area contributed by atoms with Crippen molar-refractivity contribution in [2.75, 3.05) is 6.61 Å². The van der Waals surface area contributed by atoms with E-state index >= 15 is 0 Å². The number of benzene rings is 1. The average molecular weight is 223 g/mol. The van der Waals surface area contributed by atoms with E-state index in [9.17, 15) is 9.90 Å². The van der Waals surface area contributed by atoms with Crippen molar-refractivity contribution in [1.29, 1.82) is 0 Å². The molecular weight excluding hydrogens is 210 g/mol. The molecule has 1 aromatic carbocycles. The van der Waals surface area contributed by atoms with Gasteiger partial charge in [0, 0.05) is 12.1 Å². The van der Waals surface area contributed by atoms with Crippen LogP contribution in [0.3, 0.4) is 0 Å². The second-order valence-electron chi connectivity index (χ2n) is 3.93. The van der Waals surface area contributed by atoms with E-state index < -0.39 is 12.6 Å². The Morgan fingerprint density at radius 1 is 1.50 bits per heavy atom. The molecule has 0 amide bonds. The largest absolute Gasteiger partial charge is 0.508 e. The number of ether oxygens (including phenoxy) is 1. The van der Waals surface area contributed by atoms with Crippen LogP contribution in [-0.2, 0) is 17.6 Å². The summed E-state index contributed by atoms with van der Waals surface area (Å²) in [6, 6.07) is 3.10. The number of aromatic hydroxyl groups is 1. The van der Waals surface area contributed by atoms with Gasteiger partial charge >= 0.3 is 5.97 Å². The molecule has 1 aliphatic rings. The minimum Gasteiger partial charge on any atom is -0.508 e. The first-order valence-corrected chi connectivity index (χ1v) is 5.01. The molecular formula is C11H13NO4. The van der Waals surface area contributed by atoms with Gasteiger partial charge in [-0.05, 0) is 30.0 Å². The van der Waals surface area contributed by atoms with Gasteiger partial charge < -0.3 is 20.7 Å². The summed E-state index contributed by atoms with van der Waals surface area (Å²) in [5.41, 5.74) is 7.65. The maximum atomic E-state index is 10.4. The quantitative estimate of drug-likeness (QED) is 0.684. The Labute approximate surface area is 92.5 Å². The molecule has 5 heteroatoms. The van der Waals surface area contributed by atoms with Gasteiger partial charge in [0.2, 0.25) is 0 Å². The van der Waals surface area contributed by atoms with Crippen LogP contribution in [0.15, 0.2) is 12.1 Å². The predicted molar refractivity (Wildman–Crippen MR) is 56.6 cm³/mol. The summed E-state index contributed by atoms with van der Waals surface area (Å²) >= 11 is 0. The highest BCUT2D eigenvalue weighted by atomic mass is 16.5. The Morgan fingerprint density at radius 2 is 2.25 bits per heavy atom. The molecule has 0 radical (unpaired) electrons. The number of aliphatic carboxylic acids is 1. The summed E-state index contributed by atoms with van der Waals surface area (Å²) in [4.78, 5) is 10.4. The van der Waals surface area contributed by atoms with Gasteiger partial charge in [-0.2, -0.15) is 0 Å². The highest BCUT2D eigenvalue weighted by Crippen LogP contribution is 2.34. The number of carboxylic acids is 1. The number of hydrogen-bond acceptors (Lipinski definition) is 4. The first-order chi connectivity index (χ1) is 7.56. The van der Waals surface area contributed by atoms with Crippen molar-refractivity contribution < 1.29 is 19.7 Å². The summed E-state index contributed by atoms with van der Waals surface area (Å²) in [6.07, 6.45) is 1.34. The number of phenols is 1. The molecule has 0 aliphatic heterocycles. The molecule has 4 N–H and O–H groups in total. The number of carbonyl (C=O) groups is 1. The molecule has 0 fully saturated rings. The number of fused-ring (bicyclic) bond motifs is 1. The maximum Gasteiger partial charge on any atom is 0.341 e. The van der Waals surface area contributed by atoms with Gasteiger partial charge in [-0.25, -0.2) is 4.79 Å². The van der Waals surface area contributed by atoms with Crippen LogP contribution in [0.5, 0.6) is 11.5 Å². The predicted octanol–water partition coefficient (Wildman–Crippen LogP) is 0.282. The molecule has 1 unspecified atom stereocenters. The molecule has 1 aromatic rings. The molecule has 16 heavy (non-hydrogen) atoms. The van der Waals surface area contributed by atoms with Gasteiger partial charge in [0.05, 0.1) is 0 Å².